The molecule has 186 valence electrons. The van der Waals surface area contributed by atoms with Gasteiger partial charge in [-0.05, 0) is 51.0 Å². The van der Waals surface area contributed by atoms with Gasteiger partial charge in [0.2, 0.25) is 5.91 Å². The summed E-state index contributed by atoms with van der Waals surface area (Å²) in [4.78, 5) is 34.9. The van der Waals surface area contributed by atoms with Crippen molar-refractivity contribution in [2.24, 2.45) is 0 Å². The highest BCUT2D eigenvalue weighted by molar-refractivity contribution is 5.76. The third kappa shape index (κ3) is 13.3. The molecule has 0 atom stereocenters. The first kappa shape index (κ1) is 28.7. The number of nitrogens with one attached hydrogen (secondary N) is 1. The molecule has 1 N–H and O–H groups in total. The average molecular weight is 471 g/mol. The molecule has 2 amide bonds. The zero-order chi connectivity index (χ0) is 25.4. The Morgan fingerprint density at radius 1 is 1.03 bits per heavy atom. The number of carbonyl (C=O) groups excluding carboxylic acids is 3. The summed E-state index contributed by atoms with van der Waals surface area (Å²) in [5.41, 5.74) is 1.88. The molecule has 2 aromatic carbocycles. The van der Waals surface area contributed by atoms with Crippen molar-refractivity contribution < 1.29 is 23.9 Å². The Labute approximate surface area is 203 Å². The lowest BCUT2D eigenvalue weighted by Gasteiger charge is -2.23. The Morgan fingerprint density at radius 3 is 2.32 bits per heavy atom. The fourth-order valence-electron chi connectivity index (χ4n) is 2.85. The minimum atomic E-state index is -0.541. The van der Waals surface area contributed by atoms with Crippen LogP contribution in [0.1, 0.15) is 51.7 Å². The molecule has 2 aromatic rings. The lowest BCUT2D eigenvalue weighted by atomic mass is 10.2. The highest BCUT2D eigenvalue weighted by atomic mass is 16.6. The van der Waals surface area contributed by atoms with Crippen LogP contribution in [0.2, 0.25) is 0 Å². The van der Waals surface area contributed by atoms with Gasteiger partial charge in [0.15, 0.2) is 0 Å². The summed E-state index contributed by atoms with van der Waals surface area (Å²) in [6.07, 6.45) is 0.951. The van der Waals surface area contributed by atoms with Gasteiger partial charge in [-0.15, -0.1) is 0 Å². The van der Waals surface area contributed by atoms with E-state index in [1.54, 1.807) is 32.6 Å². The maximum absolute atomic E-state index is 11.6. The second-order valence-corrected chi connectivity index (χ2v) is 8.71. The van der Waals surface area contributed by atoms with Gasteiger partial charge in [-0.3, -0.25) is 4.79 Å². The van der Waals surface area contributed by atoms with E-state index in [-0.39, 0.29) is 5.91 Å². The molecule has 7 nitrogen and oxygen atoms in total. The van der Waals surface area contributed by atoms with E-state index in [2.05, 4.69) is 30.4 Å². The van der Waals surface area contributed by atoms with Crippen molar-refractivity contribution in [3.8, 4) is 5.75 Å². The summed E-state index contributed by atoms with van der Waals surface area (Å²) in [5.74, 6) is 0.895. The van der Waals surface area contributed by atoms with Crippen LogP contribution in [0, 0.1) is 6.92 Å². The highest BCUT2D eigenvalue weighted by Gasteiger charge is 2.16. The topological polar surface area (TPSA) is 84.9 Å². The molecule has 0 aromatic heterocycles. The molecule has 0 bridgehead atoms. The number of amides is 2. The van der Waals surface area contributed by atoms with Crippen LogP contribution in [0.5, 0.6) is 5.75 Å². The van der Waals surface area contributed by atoms with Crippen LogP contribution in [0.15, 0.2) is 54.6 Å². The van der Waals surface area contributed by atoms with Crippen molar-refractivity contribution >= 4 is 18.3 Å². The van der Waals surface area contributed by atoms with Gasteiger partial charge in [-0.1, -0.05) is 49.4 Å². The normalized spacial score (nSPS) is 10.4. The van der Waals surface area contributed by atoms with Crippen molar-refractivity contribution in [2.45, 2.75) is 59.7 Å². The number of carbonyl (C=O) groups is 3. The summed E-state index contributed by atoms with van der Waals surface area (Å²) in [5, 5.41) is 2.58. The quantitative estimate of drug-likeness (QED) is 0.499. The minimum absolute atomic E-state index is 0.0344. The first-order valence-corrected chi connectivity index (χ1v) is 11.6. The van der Waals surface area contributed by atoms with Crippen LogP contribution in [-0.4, -0.2) is 48.4 Å². The van der Waals surface area contributed by atoms with Gasteiger partial charge < -0.3 is 24.5 Å². The number of rotatable bonds is 10. The fourth-order valence-corrected chi connectivity index (χ4v) is 2.85. The molecule has 0 fully saturated rings. The second-order valence-electron chi connectivity index (χ2n) is 8.71. The van der Waals surface area contributed by atoms with Crippen LogP contribution in [-0.2, 0) is 20.9 Å². The zero-order valence-electron chi connectivity index (χ0n) is 21.0. The second kappa shape index (κ2) is 15.5. The van der Waals surface area contributed by atoms with Gasteiger partial charge in [-0.2, -0.15) is 0 Å². The fraction of sp³-hybridized carbons (Fsp3) is 0.444. The maximum Gasteiger partial charge on any atom is 0.407 e. The van der Waals surface area contributed by atoms with Gasteiger partial charge >= 0.3 is 6.09 Å². The average Bonchev–Trinajstić information content (AvgIpc) is 2.79. The third-order valence-corrected chi connectivity index (χ3v) is 4.46. The van der Waals surface area contributed by atoms with E-state index >= 15 is 0 Å². The largest absolute Gasteiger partial charge is 0.489 e. The summed E-state index contributed by atoms with van der Waals surface area (Å²) in [7, 11) is 0. The van der Waals surface area contributed by atoms with Gasteiger partial charge in [0.05, 0.1) is 0 Å². The lowest BCUT2D eigenvalue weighted by Crippen LogP contribution is -2.40. The predicted molar refractivity (Wildman–Crippen MR) is 134 cm³/mol. The standard InChI is InChI=1S/C14H14O.C13H24N2O4/c1-12-6-5-9-14(10-12)15-11-13-7-3-2-4-8-13;1-5-11(17)15(8-6-10-16)9-7-14-12(18)19-13(2,3)4/h2-10H,11H2,1H3;10H,5-9H2,1-4H3,(H,14,18). The number of hydrogen-bond donors (Lipinski definition) is 1. The number of hydrogen-bond acceptors (Lipinski definition) is 5. The van der Waals surface area contributed by atoms with E-state index in [0.717, 1.165) is 12.0 Å². The van der Waals surface area contributed by atoms with E-state index in [1.165, 1.54) is 11.1 Å². The molecule has 34 heavy (non-hydrogen) atoms. The molecule has 0 aliphatic carbocycles. The smallest absolute Gasteiger partial charge is 0.407 e. The van der Waals surface area contributed by atoms with E-state index in [9.17, 15) is 14.4 Å². The maximum atomic E-state index is 11.6. The Hall–Kier alpha value is -3.35. The van der Waals surface area contributed by atoms with Crippen molar-refractivity contribution in [2.75, 3.05) is 19.6 Å². The van der Waals surface area contributed by atoms with Crippen LogP contribution in [0.25, 0.3) is 0 Å². The molecule has 0 heterocycles. The zero-order valence-corrected chi connectivity index (χ0v) is 21.0. The molecule has 2 rings (SSSR count). The molecule has 0 saturated carbocycles. The summed E-state index contributed by atoms with van der Waals surface area (Å²) in [6, 6.07) is 18.3. The van der Waals surface area contributed by atoms with Crippen molar-refractivity contribution in [3.05, 3.63) is 65.7 Å². The molecular weight excluding hydrogens is 432 g/mol. The first-order valence-electron chi connectivity index (χ1n) is 11.6. The molecular formula is C27H38N2O5. The van der Waals surface area contributed by atoms with Gasteiger partial charge in [0.25, 0.3) is 0 Å². The molecule has 0 radical (unpaired) electrons. The SMILES string of the molecule is CCC(=O)N(CCC=O)CCNC(=O)OC(C)(C)C.Cc1cccc(OCc2ccccc2)c1. The summed E-state index contributed by atoms with van der Waals surface area (Å²) in [6.45, 7) is 10.9. The number of aldehydes is 1. The number of aryl methyl sites for hydroxylation is 1. The minimum Gasteiger partial charge on any atom is -0.489 e. The highest BCUT2D eigenvalue weighted by Crippen LogP contribution is 2.14. The molecule has 0 saturated heterocycles. The van der Waals surface area contributed by atoms with E-state index in [1.807, 2.05) is 36.4 Å². The van der Waals surface area contributed by atoms with Crippen LogP contribution >= 0.6 is 0 Å². The van der Waals surface area contributed by atoms with Crippen molar-refractivity contribution in [3.63, 3.8) is 0 Å². The third-order valence-electron chi connectivity index (χ3n) is 4.46. The molecule has 0 spiro atoms. The van der Waals surface area contributed by atoms with Crippen LogP contribution < -0.4 is 10.1 Å². The molecule has 0 aliphatic heterocycles. The first-order chi connectivity index (χ1) is 16.1. The molecule has 0 unspecified atom stereocenters. The van der Waals surface area contributed by atoms with E-state index in [0.29, 0.717) is 39.1 Å². The van der Waals surface area contributed by atoms with E-state index in [4.69, 9.17) is 9.47 Å². The number of benzene rings is 2. The monoisotopic (exact) mass is 470 g/mol. The Balaban J connectivity index is 0.000000347. The number of ether oxygens (including phenoxy) is 2. The predicted octanol–water partition coefficient (Wildman–Crippen LogP) is 4.91. The van der Waals surface area contributed by atoms with Gasteiger partial charge in [0.1, 0.15) is 24.2 Å². The lowest BCUT2D eigenvalue weighted by molar-refractivity contribution is -0.131. The number of nitrogens with zero attached hydrogens (tertiary/aromatic N) is 1. The van der Waals surface area contributed by atoms with Crippen LogP contribution in [0.4, 0.5) is 4.79 Å². The van der Waals surface area contributed by atoms with Crippen molar-refractivity contribution in [1.82, 2.24) is 10.2 Å². The summed E-state index contributed by atoms with van der Waals surface area (Å²) < 4.78 is 10.8. The molecule has 7 heteroatoms. The van der Waals surface area contributed by atoms with Crippen LogP contribution in [0.3, 0.4) is 0 Å². The number of alkyl carbamates (subject to hydrolysis) is 1. The van der Waals surface area contributed by atoms with Crippen molar-refractivity contribution in [1.29, 1.82) is 0 Å². The summed E-state index contributed by atoms with van der Waals surface area (Å²) >= 11 is 0. The van der Waals surface area contributed by atoms with Gasteiger partial charge in [-0.25, -0.2) is 4.79 Å². The Kier molecular flexibility index (Phi) is 13.1. The Morgan fingerprint density at radius 2 is 1.74 bits per heavy atom. The van der Waals surface area contributed by atoms with E-state index < -0.39 is 11.7 Å². The Bertz CT molecular complexity index is 878. The molecule has 0 aliphatic rings. The van der Waals surface area contributed by atoms with Gasteiger partial charge in [0, 0.05) is 32.5 Å².